The van der Waals surface area contributed by atoms with Crippen LogP contribution < -0.4 is 9.64 Å². The number of rotatable bonds is 3. The fraction of sp³-hybridized carbons (Fsp3) is 0.136. The number of hydrogen-bond donors (Lipinski definition) is 0. The highest BCUT2D eigenvalue weighted by Crippen LogP contribution is 2.44. The molecule has 0 N–H and O–H groups in total. The van der Waals surface area contributed by atoms with Crippen molar-refractivity contribution in [3.05, 3.63) is 90.0 Å². The number of ether oxygens (including phenoxy) is 1. The summed E-state index contributed by atoms with van der Waals surface area (Å²) >= 11 is 0. The van der Waals surface area contributed by atoms with E-state index in [2.05, 4.69) is 0 Å². The Hall–Kier alpha value is -3.07. The Labute approximate surface area is 147 Å². The van der Waals surface area contributed by atoms with Crippen molar-refractivity contribution in [1.82, 2.24) is 0 Å². The molecule has 1 aliphatic rings. The lowest BCUT2D eigenvalue weighted by Gasteiger charge is -2.31. The molecule has 0 aliphatic carbocycles. The number of anilines is 1. The minimum Gasteiger partial charge on any atom is -0.457 e. The van der Waals surface area contributed by atoms with Gasteiger partial charge in [0.1, 0.15) is 11.5 Å². The normalized spacial score (nSPS) is 12.7. The lowest BCUT2D eigenvalue weighted by Crippen LogP contribution is -2.36. The third kappa shape index (κ3) is 2.68. The van der Waals surface area contributed by atoms with Gasteiger partial charge in [0.15, 0.2) is 0 Å². The standard InChI is InChI=1S/C22H19NO2/c1-2-23(16-10-4-3-5-11-16)22(24)21-17-12-6-8-14-19(17)25-20-15-9-7-13-18(20)21/h3-15,21H,2H2,1H3. The van der Waals surface area contributed by atoms with Crippen LogP contribution in [0.25, 0.3) is 0 Å². The zero-order valence-electron chi connectivity index (χ0n) is 14.1. The van der Waals surface area contributed by atoms with Crippen molar-refractivity contribution in [2.24, 2.45) is 0 Å². The van der Waals surface area contributed by atoms with E-state index in [1.54, 1.807) is 0 Å². The second-order valence-electron chi connectivity index (χ2n) is 6.03. The van der Waals surface area contributed by atoms with Gasteiger partial charge in [0.25, 0.3) is 0 Å². The number of hydrogen-bond acceptors (Lipinski definition) is 2. The van der Waals surface area contributed by atoms with Crippen LogP contribution in [0.4, 0.5) is 5.69 Å². The van der Waals surface area contributed by atoms with E-state index >= 15 is 0 Å². The van der Waals surface area contributed by atoms with Crippen molar-refractivity contribution < 1.29 is 9.53 Å². The van der Waals surface area contributed by atoms with E-state index in [9.17, 15) is 4.79 Å². The predicted octanol–water partition coefficient (Wildman–Crippen LogP) is 4.98. The number of carbonyl (C=O) groups is 1. The minimum atomic E-state index is -0.360. The zero-order valence-corrected chi connectivity index (χ0v) is 14.1. The number of nitrogens with zero attached hydrogens (tertiary/aromatic N) is 1. The lowest BCUT2D eigenvalue weighted by molar-refractivity contribution is -0.119. The highest BCUT2D eigenvalue weighted by molar-refractivity contribution is 6.01. The molecule has 3 aromatic rings. The topological polar surface area (TPSA) is 29.5 Å². The number of para-hydroxylation sites is 3. The fourth-order valence-corrected chi connectivity index (χ4v) is 3.41. The Morgan fingerprint density at radius 3 is 1.92 bits per heavy atom. The maximum absolute atomic E-state index is 13.5. The third-order valence-electron chi connectivity index (χ3n) is 4.58. The largest absolute Gasteiger partial charge is 0.457 e. The number of amides is 1. The molecular weight excluding hydrogens is 310 g/mol. The van der Waals surface area contributed by atoms with Crippen LogP contribution in [-0.4, -0.2) is 12.5 Å². The predicted molar refractivity (Wildman–Crippen MR) is 99.3 cm³/mol. The van der Waals surface area contributed by atoms with E-state index in [4.69, 9.17) is 4.74 Å². The van der Waals surface area contributed by atoms with Crippen LogP contribution in [0.2, 0.25) is 0 Å². The summed E-state index contributed by atoms with van der Waals surface area (Å²) in [4.78, 5) is 15.4. The van der Waals surface area contributed by atoms with Crippen molar-refractivity contribution in [1.29, 1.82) is 0 Å². The molecule has 1 aliphatic heterocycles. The second kappa shape index (κ2) is 6.44. The monoisotopic (exact) mass is 329 g/mol. The van der Waals surface area contributed by atoms with Crippen LogP contribution in [0.5, 0.6) is 11.5 Å². The molecule has 0 atom stereocenters. The first-order valence-electron chi connectivity index (χ1n) is 8.51. The van der Waals surface area contributed by atoms with Crippen LogP contribution >= 0.6 is 0 Å². The first kappa shape index (κ1) is 15.5. The van der Waals surface area contributed by atoms with Crippen LogP contribution in [0.1, 0.15) is 24.0 Å². The molecule has 1 amide bonds. The third-order valence-corrected chi connectivity index (χ3v) is 4.58. The van der Waals surface area contributed by atoms with Gasteiger partial charge in [-0.15, -0.1) is 0 Å². The SMILES string of the molecule is CCN(C(=O)C1c2ccccc2Oc2ccccc21)c1ccccc1. The van der Waals surface area contributed by atoms with Crippen molar-refractivity contribution in [2.45, 2.75) is 12.8 Å². The summed E-state index contributed by atoms with van der Waals surface area (Å²) in [5.74, 6) is 1.21. The Bertz CT molecular complexity index is 859. The van der Waals surface area contributed by atoms with Gasteiger partial charge < -0.3 is 9.64 Å². The Morgan fingerprint density at radius 2 is 1.36 bits per heavy atom. The summed E-state index contributed by atoms with van der Waals surface area (Å²) in [7, 11) is 0. The highest BCUT2D eigenvalue weighted by Gasteiger charge is 2.35. The first-order chi connectivity index (χ1) is 12.3. The van der Waals surface area contributed by atoms with Crippen molar-refractivity contribution >= 4 is 11.6 Å². The molecule has 0 bridgehead atoms. The summed E-state index contributed by atoms with van der Waals surface area (Å²) in [5, 5.41) is 0. The molecule has 4 rings (SSSR count). The molecule has 0 unspecified atom stereocenters. The van der Waals surface area contributed by atoms with Gasteiger partial charge in [-0.3, -0.25) is 4.79 Å². The summed E-state index contributed by atoms with van der Waals surface area (Å²) in [6.45, 7) is 2.62. The number of likely N-dealkylation sites (N-methyl/N-ethyl adjacent to an activating group) is 1. The van der Waals surface area contributed by atoms with Gasteiger partial charge in [0.05, 0.1) is 5.92 Å². The highest BCUT2D eigenvalue weighted by atomic mass is 16.5. The molecule has 25 heavy (non-hydrogen) atoms. The maximum atomic E-state index is 13.5. The van der Waals surface area contributed by atoms with E-state index in [1.165, 1.54) is 0 Å². The average molecular weight is 329 g/mol. The quantitative estimate of drug-likeness (QED) is 0.678. The fourth-order valence-electron chi connectivity index (χ4n) is 3.41. The van der Waals surface area contributed by atoms with Gasteiger partial charge in [0.2, 0.25) is 5.91 Å². The molecule has 124 valence electrons. The van der Waals surface area contributed by atoms with E-state index in [1.807, 2.05) is 90.7 Å². The Balaban J connectivity index is 1.83. The van der Waals surface area contributed by atoms with E-state index in [-0.39, 0.29) is 11.8 Å². The average Bonchev–Trinajstić information content (AvgIpc) is 2.67. The van der Waals surface area contributed by atoms with Crippen LogP contribution in [-0.2, 0) is 4.79 Å². The molecule has 3 nitrogen and oxygen atoms in total. The number of fused-ring (bicyclic) bond motifs is 2. The second-order valence-corrected chi connectivity index (χ2v) is 6.03. The van der Waals surface area contributed by atoms with Crippen LogP contribution in [0.15, 0.2) is 78.9 Å². The van der Waals surface area contributed by atoms with Gasteiger partial charge in [-0.25, -0.2) is 0 Å². The Kier molecular flexibility index (Phi) is 3.98. The van der Waals surface area contributed by atoms with Crippen molar-refractivity contribution in [3.63, 3.8) is 0 Å². The Morgan fingerprint density at radius 1 is 0.840 bits per heavy atom. The van der Waals surface area contributed by atoms with Gasteiger partial charge in [-0.2, -0.15) is 0 Å². The van der Waals surface area contributed by atoms with E-state index in [0.29, 0.717) is 6.54 Å². The van der Waals surface area contributed by atoms with Crippen LogP contribution in [0, 0.1) is 0 Å². The summed E-state index contributed by atoms with van der Waals surface area (Å²) < 4.78 is 6.01. The van der Waals surface area contributed by atoms with Crippen molar-refractivity contribution in [3.8, 4) is 11.5 Å². The maximum Gasteiger partial charge on any atom is 0.239 e. The molecular formula is C22H19NO2. The molecule has 0 fully saturated rings. The van der Waals surface area contributed by atoms with Gasteiger partial charge in [-0.1, -0.05) is 54.6 Å². The van der Waals surface area contributed by atoms with Gasteiger partial charge in [0, 0.05) is 23.4 Å². The van der Waals surface area contributed by atoms with Crippen LogP contribution in [0.3, 0.4) is 0 Å². The molecule has 0 radical (unpaired) electrons. The molecule has 0 aromatic heterocycles. The van der Waals surface area contributed by atoms with Gasteiger partial charge in [-0.05, 0) is 31.2 Å². The number of carbonyl (C=O) groups excluding carboxylic acids is 1. The molecule has 0 saturated heterocycles. The molecule has 1 heterocycles. The summed E-state index contributed by atoms with van der Waals surface area (Å²) in [6.07, 6.45) is 0. The van der Waals surface area contributed by atoms with E-state index < -0.39 is 0 Å². The molecule has 0 saturated carbocycles. The summed E-state index contributed by atoms with van der Waals surface area (Å²) in [5.41, 5.74) is 2.75. The zero-order chi connectivity index (χ0) is 17.2. The van der Waals surface area contributed by atoms with Gasteiger partial charge >= 0.3 is 0 Å². The lowest BCUT2D eigenvalue weighted by atomic mass is 9.86. The summed E-state index contributed by atoms with van der Waals surface area (Å²) in [6, 6.07) is 25.4. The minimum absolute atomic E-state index is 0.0666. The smallest absolute Gasteiger partial charge is 0.239 e. The first-order valence-corrected chi connectivity index (χ1v) is 8.51. The van der Waals surface area contributed by atoms with Crippen molar-refractivity contribution in [2.75, 3.05) is 11.4 Å². The molecule has 3 aromatic carbocycles. The molecule has 0 spiro atoms. The number of benzene rings is 3. The van der Waals surface area contributed by atoms with E-state index in [0.717, 1.165) is 28.3 Å². The molecule has 3 heteroatoms.